The SMILES string of the molecule is C#CCCCC(=C=C)CCCC. The second-order valence-corrected chi connectivity index (χ2v) is 2.94. The van der Waals surface area contributed by atoms with Gasteiger partial charge in [-0.05, 0) is 31.3 Å². The monoisotopic (exact) mass is 162 g/mol. The van der Waals surface area contributed by atoms with Gasteiger partial charge in [0, 0.05) is 6.42 Å². The summed E-state index contributed by atoms with van der Waals surface area (Å²) in [5.41, 5.74) is 4.33. The number of hydrogen-bond donors (Lipinski definition) is 0. The van der Waals surface area contributed by atoms with E-state index in [1.165, 1.54) is 18.4 Å². The van der Waals surface area contributed by atoms with Crippen LogP contribution in [0.3, 0.4) is 0 Å². The van der Waals surface area contributed by atoms with E-state index in [2.05, 4.69) is 25.2 Å². The Morgan fingerprint density at radius 1 is 1.33 bits per heavy atom. The van der Waals surface area contributed by atoms with Gasteiger partial charge >= 0.3 is 0 Å². The third kappa shape index (κ3) is 5.83. The van der Waals surface area contributed by atoms with Crippen molar-refractivity contribution in [2.45, 2.75) is 45.4 Å². The van der Waals surface area contributed by atoms with E-state index in [1.807, 2.05) is 0 Å². The van der Waals surface area contributed by atoms with Gasteiger partial charge < -0.3 is 0 Å². The van der Waals surface area contributed by atoms with Gasteiger partial charge in [0.05, 0.1) is 0 Å². The van der Waals surface area contributed by atoms with Crippen LogP contribution in [-0.2, 0) is 0 Å². The number of rotatable bonds is 6. The fourth-order valence-electron chi connectivity index (χ4n) is 1.10. The third-order valence-corrected chi connectivity index (χ3v) is 1.88. The van der Waals surface area contributed by atoms with Crippen molar-refractivity contribution in [3.8, 4) is 12.3 Å². The minimum Gasteiger partial charge on any atom is -0.130 e. The zero-order valence-corrected chi connectivity index (χ0v) is 8.03. The highest BCUT2D eigenvalue weighted by molar-refractivity contribution is 4.99. The molecule has 0 amide bonds. The number of allylic oxidation sites excluding steroid dienone is 1. The van der Waals surface area contributed by atoms with Crippen LogP contribution >= 0.6 is 0 Å². The summed E-state index contributed by atoms with van der Waals surface area (Å²) in [7, 11) is 0. The second-order valence-electron chi connectivity index (χ2n) is 2.94. The first-order chi connectivity index (χ1) is 5.85. The second kappa shape index (κ2) is 8.18. The van der Waals surface area contributed by atoms with E-state index in [1.54, 1.807) is 0 Å². The first-order valence-electron chi connectivity index (χ1n) is 4.66. The molecule has 0 saturated heterocycles. The third-order valence-electron chi connectivity index (χ3n) is 1.88. The fourth-order valence-corrected chi connectivity index (χ4v) is 1.10. The molecule has 0 rings (SSSR count). The average molecular weight is 162 g/mol. The summed E-state index contributed by atoms with van der Waals surface area (Å²) in [5, 5.41) is 0. The Bertz CT molecular complexity index is 187. The van der Waals surface area contributed by atoms with Crippen molar-refractivity contribution in [1.82, 2.24) is 0 Å². The predicted octanol–water partition coefficient (Wildman–Crippen LogP) is 3.69. The molecule has 0 bridgehead atoms. The molecule has 0 atom stereocenters. The van der Waals surface area contributed by atoms with Crippen LogP contribution in [0.25, 0.3) is 0 Å². The van der Waals surface area contributed by atoms with Gasteiger partial charge in [-0.1, -0.05) is 19.9 Å². The van der Waals surface area contributed by atoms with Gasteiger partial charge in [-0.3, -0.25) is 0 Å². The molecule has 66 valence electrons. The van der Waals surface area contributed by atoms with Crippen molar-refractivity contribution in [1.29, 1.82) is 0 Å². The quantitative estimate of drug-likeness (QED) is 0.317. The summed E-state index contributed by atoms with van der Waals surface area (Å²) < 4.78 is 0. The molecule has 0 nitrogen and oxygen atoms in total. The highest BCUT2D eigenvalue weighted by Gasteiger charge is 1.94. The van der Waals surface area contributed by atoms with Gasteiger partial charge in [0.1, 0.15) is 0 Å². The summed E-state index contributed by atoms with van der Waals surface area (Å²) in [4.78, 5) is 0. The Morgan fingerprint density at radius 3 is 2.50 bits per heavy atom. The van der Waals surface area contributed by atoms with Gasteiger partial charge in [-0.15, -0.1) is 18.1 Å². The first-order valence-corrected chi connectivity index (χ1v) is 4.66. The highest BCUT2D eigenvalue weighted by atomic mass is 14.0. The zero-order valence-electron chi connectivity index (χ0n) is 8.03. The lowest BCUT2D eigenvalue weighted by atomic mass is 10.0. The number of hydrogen-bond acceptors (Lipinski definition) is 0. The standard InChI is InChI=1S/C12H18/c1-4-7-9-11-12(6-3)10-8-5-2/h1H,3,5,7-11H2,2H3. The van der Waals surface area contributed by atoms with Crippen molar-refractivity contribution in [3.63, 3.8) is 0 Å². The maximum absolute atomic E-state index is 5.16. The summed E-state index contributed by atoms with van der Waals surface area (Å²) in [5.74, 6) is 2.64. The van der Waals surface area contributed by atoms with E-state index < -0.39 is 0 Å². The molecule has 12 heavy (non-hydrogen) atoms. The van der Waals surface area contributed by atoms with Crippen molar-refractivity contribution in [2.24, 2.45) is 0 Å². The van der Waals surface area contributed by atoms with Crippen LogP contribution in [0, 0.1) is 12.3 Å². The van der Waals surface area contributed by atoms with E-state index in [0.717, 1.165) is 25.7 Å². The smallest absolute Gasteiger partial charge is 0.00893 e. The molecule has 0 heterocycles. The Morgan fingerprint density at radius 2 is 2.00 bits per heavy atom. The van der Waals surface area contributed by atoms with E-state index in [-0.39, 0.29) is 0 Å². The molecule has 0 aromatic rings. The molecule has 0 fully saturated rings. The highest BCUT2D eigenvalue weighted by Crippen LogP contribution is 2.12. The molecule has 0 aliphatic rings. The van der Waals surface area contributed by atoms with Gasteiger partial charge in [0.2, 0.25) is 0 Å². The summed E-state index contributed by atoms with van der Waals surface area (Å²) in [6.07, 6.45) is 11.8. The minimum absolute atomic E-state index is 0.872. The van der Waals surface area contributed by atoms with Gasteiger partial charge in [-0.2, -0.15) is 0 Å². The minimum atomic E-state index is 0.872. The summed E-state index contributed by atoms with van der Waals surface area (Å²) >= 11 is 0. The van der Waals surface area contributed by atoms with Crippen molar-refractivity contribution in [3.05, 3.63) is 17.9 Å². The molecule has 0 heteroatoms. The maximum Gasteiger partial charge on any atom is 0.00893 e. The van der Waals surface area contributed by atoms with Crippen LogP contribution in [0.4, 0.5) is 0 Å². The number of unbranched alkanes of at least 4 members (excludes halogenated alkanes) is 2. The van der Waals surface area contributed by atoms with Crippen LogP contribution in [0.2, 0.25) is 0 Å². The van der Waals surface area contributed by atoms with Crippen LogP contribution in [-0.4, -0.2) is 0 Å². The molecule has 0 aromatic carbocycles. The lowest BCUT2D eigenvalue weighted by molar-refractivity contribution is 0.732. The predicted molar refractivity (Wildman–Crippen MR) is 54.9 cm³/mol. The van der Waals surface area contributed by atoms with Crippen molar-refractivity contribution >= 4 is 0 Å². The molecule has 0 N–H and O–H groups in total. The Kier molecular flexibility index (Phi) is 7.55. The van der Waals surface area contributed by atoms with Crippen LogP contribution in [0.1, 0.15) is 45.4 Å². The van der Waals surface area contributed by atoms with Crippen LogP contribution in [0.5, 0.6) is 0 Å². The molecular weight excluding hydrogens is 144 g/mol. The molecule has 0 spiro atoms. The Labute approximate surface area is 76.4 Å². The van der Waals surface area contributed by atoms with Gasteiger partial charge in [0.25, 0.3) is 0 Å². The average Bonchev–Trinajstić information content (AvgIpc) is 2.11. The number of terminal acetylenes is 1. The fraction of sp³-hybridized carbons (Fsp3) is 0.583. The normalized spacial score (nSPS) is 8.67. The first kappa shape index (κ1) is 11.1. The summed E-state index contributed by atoms with van der Waals surface area (Å²) in [6, 6.07) is 0. The zero-order chi connectivity index (χ0) is 9.23. The van der Waals surface area contributed by atoms with Crippen molar-refractivity contribution < 1.29 is 0 Å². The Hall–Kier alpha value is -0.920. The Balaban J connectivity index is 3.57. The van der Waals surface area contributed by atoms with Crippen LogP contribution in [0.15, 0.2) is 17.9 Å². The van der Waals surface area contributed by atoms with Gasteiger partial charge in [0.15, 0.2) is 0 Å². The van der Waals surface area contributed by atoms with E-state index in [4.69, 9.17) is 6.42 Å². The molecule has 0 aliphatic heterocycles. The molecule has 0 unspecified atom stereocenters. The lowest BCUT2D eigenvalue weighted by Crippen LogP contribution is -1.83. The molecule has 0 saturated carbocycles. The molecular formula is C12H18. The largest absolute Gasteiger partial charge is 0.130 e. The lowest BCUT2D eigenvalue weighted by Gasteiger charge is -2.01. The van der Waals surface area contributed by atoms with Crippen LogP contribution < -0.4 is 0 Å². The molecule has 0 aliphatic carbocycles. The van der Waals surface area contributed by atoms with Gasteiger partial charge in [-0.25, -0.2) is 0 Å². The topological polar surface area (TPSA) is 0 Å². The van der Waals surface area contributed by atoms with Crippen molar-refractivity contribution in [2.75, 3.05) is 0 Å². The van der Waals surface area contributed by atoms with E-state index in [0.29, 0.717) is 0 Å². The van der Waals surface area contributed by atoms with E-state index >= 15 is 0 Å². The molecule has 0 aromatic heterocycles. The molecule has 0 radical (unpaired) electrons. The summed E-state index contributed by atoms with van der Waals surface area (Å²) in [6.45, 7) is 5.88. The maximum atomic E-state index is 5.16. The van der Waals surface area contributed by atoms with E-state index in [9.17, 15) is 0 Å².